The summed E-state index contributed by atoms with van der Waals surface area (Å²) in [4.78, 5) is 45.4. The highest BCUT2D eigenvalue weighted by Gasteiger charge is 2.76. The van der Waals surface area contributed by atoms with E-state index in [2.05, 4.69) is 29.1 Å². The minimum Gasteiger partial charge on any atom is -0.465 e. The van der Waals surface area contributed by atoms with Crippen LogP contribution in [0.2, 0.25) is 0 Å². The van der Waals surface area contributed by atoms with E-state index in [0.29, 0.717) is 18.5 Å². The Morgan fingerprint density at radius 1 is 1.25 bits per heavy atom. The maximum Gasteiger partial charge on any atom is 0.310 e. The van der Waals surface area contributed by atoms with E-state index in [9.17, 15) is 19.5 Å². The van der Waals surface area contributed by atoms with Crippen molar-refractivity contribution in [1.82, 2.24) is 4.90 Å². The van der Waals surface area contributed by atoms with E-state index in [1.807, 2.05) is 42.5 Å². The quantitative estimate of drug-likeness (QED) is 0.168. The molecule has 2 aromatic carbocycles. The van der Waals surface area contributed by atoms with Gasteiger partial charge in [0.2, 0.25) is 5.91 Å². The van der Waals surface area contributed by atoms with Gasteiger partial charge >= 0.3 is 5.97 Å². The van der Waals surface area contributed by atoms with Gasteiger partial charge in [0.05, 0.1) is 35.8 Å². The molecule has 0 aliphatic carbocycles. The molecule has 3 aliphatic rings. The number of carbonyl (C=O) groups excluding carboxylic acids is 3. The summed E-state index contributed by atoms with van der Waals surface area (Å²) < 4.78 is 4.82. The van der Waals surface area contributed by atoms with Gasteiger partial charge in [0.15, 0.2) is 0 Å². The fourth-order valence-electron chi connectivity index (χ4n) is 6.62. The van der Waals surface area contributed by atoms with E-state index in [1.54, 1.807) is 35.7 Å². The SMILES string of the molecule is C=CCCCOC(=O)[C@H]1[C@@H]2SC3(CC2Br)C(C(=O)N(CC=C)c2ccc4ccccc4c2)N([C@H](C)CO)C(=O)[C@H]13. The minimum absolute atomic E-state index is 0.0551. The molecule has 2 bridgehead atoms. The van der Waals surface area contributed by atoms with Gasteiger partial charge in [-0.05, 0) is 49.1 Å². The summed E-state index contributed by atoms with van der Waals surface area (Å²) in [5.41, 5.74) is 0.707. The lowest BCUT2D eigenvalue weighted by Gasteiger charge is -2.39. The number of nitrogens with zero attached hydrogens (tertiary/aromatic N) is 2. The fourth-order valence-corrected chi connectivity index (χ4v) is 10.2. The Morgan fingerprint density at radius 3 is 2.70 bits per heavy atom. The van der Waals surface area contributed by atoms with Gasteiger partial charge in [-0.2, -0.15) is 0 Å². The zero-order valence-corrected chi connectivity index (χ0v) is 25.0. The van der Waals surface area contributed by atoms with Gasteiger partial charge in [0.1, 0.15) is 6.04 Å². The van der Waals surface area contributed by atoms with Gasteiger partial charge in [-0.1, -0.05) is 58.4 Å². The number of carbonyl (C=O) groups is 3. The number of benzene rings is 2. The Kier molecular flexibility index (Phi) is 8.45. The number of allylic oxidation sites excluding steroid dienone is 1. The van der Waals surface area contributed by atoms with Crippen LogP contribution in [-0.2, 0) is 19.1 Å². The molecule has 212 valence electrons. The van der Waals surface area contributed by atoms with Crippen LogP contribution >= 0.6 is 27.7 Å². The lowest BCUT2D eigenvalue weighted by Crippen LogP contribution is -2.57. The van der Waals surface area contributed by atoms with E-state index < -0.39 is 34.6 Å². The van der Waals surface area contributed by atoms with Crippen LogP contribution in [0.1, 0.15) is 26.2 Å². The number of unbranched alkanes of at least 4 members (excludes halogenated alkanes) is 1. The molecule has 3 aliphatic heterocycles. The summed E-state index contributed by atoms with van der Waals surface area (Å²) in [6, 6.07) is 12.3. The average molecular weight is 628 g/mol. The summed E-state index contributed by atoms with van der Waals surface area (Å²) in [6.07, 6.45) is 5.41. The first kappa shape index (κ1) is 28.9. The molecule has 3 fully saturated rings. The maximum atomic E-state index is 14.6. The number of fused-ring (bicyclic) bond motifs is 2. The topological polar surface area (TPSA) is 87.2 Å². The van der Waals surface area contributed by atoms with Crippen molar-refractivity contribution >= 4 is 61.9 Å². The molecule has 5 rings (SSSR count). The number of hydrogen-bond donors (Lipinski definition) is 1. The fraction of sp³-hybridized carbons (Fsp3) is 0.452. The zero-order chi connectivity index (χ0) is 28.6. The number of aliphatic hydroxyl groups excluding tert-OH is 1. The Hall–Kier alpha value is -2.62. The molecule has 0 saturated carbocycles. The third-order valence-electron chi connectivity index (χ3n) is 8.39. The van der Waals surface area contributed by atoms with Gasteiger partial charge in [-0.15, -0.1) is 24.9 Å². The van der Waals surface area contributed by atoms with E-state index in [-0.39, 0.29) is 41.6 Å². The number of amides is 2. The molecule has 3 heterocycles. The summed E-state index contributed by atoms with van der Waals surface area (Å²) in [7, 11) is 0. The van der Waals surface area contributed by atoms with Crippen LogP contribution in [0.4, 0.5) is 5.69 Å². The van der Waals surface area contributed by atoms with Crippen LogP contribution in [-0.4, -0.2) is 74.5 Å². The normalized spacial score (nSPS) is 29.3. The Bertz CT molecular complexity index is 1340. The number of esters is 1. The lowest BCUT2D eigenvalue weighted by molar-refractivity contribution is -0.154. The molecule has 0 radical (unpaired) electrons. The maximum absolute atomic E-state index is 14.6. The molecule has 40 heavy (non-hydrogen) atoms. The third kappa shape index (κ3) is 4.69. The van der Waals surface area contributed by atoms with Crippen molar-refractivity contribution in [3.8, 4) is 0 Å². The van der Waals surface area contributed by atoms with Crippen molar-refractivity contribution in [3.63, 3.8) is 0 Å². The third-order valence-corrected chi connectivity index (χ3v) is 11.6. The Morgan fingerprint density at radius 2 is 2.00 bits per heavy atom. The molecule has 3 unspecified atom stereocenters. The van der Waals surface area contributed by atoms with Gasteiger partial charge in [0, 0.05) is 22.3 Å². The van der Waals surface area contributed by atoms with Crippen LogP contribution in [0, 0.1) is 11.8 Å². The predicted octanol–water partition coefficient (Wildman–Crippen LogP) is 4.71. The second-order valence-corrected chi connectivity index (χ2v) is 13.5. The Balaban J connectivity index is 1.54. The van der Waals surface area contributed by atoms with Crippen molar-refractivity contribution in [2.45, 2.75) is 53.1 Å². The number of anilines is 1. The molecule has 0 aromatic heterocycles. The number of aliphatic hydroxyl groups is 1. The van der Waals surface area contributed by atoms with E-state index >= 15 is 0 Å². The van der Waals surface area contributed by atoms with Crippen molar-refractivity contribution < 1.29 is 24.2 Å². The summed E-state index contributed by atoms with van der Waals surface area (Å²) in [5.74, 6) is -2.26. The van der Waals surface area contributed by atoms with Gasteiger partial charge < -0.3 is 19.6 Å². The molecule has 1 N–H and O–H groups in total. The lowest BCUT2D eigenvalue weighted by atomic mass is 9.71. The second-order valence-electron chi connectivity index (χ2n) is 10.8. The molecule has 1 spiro atoms. The summed E-state index contributed by atoms with van der Waals surface area (Å²) in [6.45, 7) is 9.56. The van der Waals surface area contributed by atoms with Gasteiger partial charge in [0.25, 0.3) is 5.91 Å². The van der Waals surface area contributed by atoms with E-state index in [4.69, 9.17) is 4.74 Å². The highest BCUT2D eigenvalue weighted by atomic mass is 79.9. The number of hydrogen-bond acceptors (Lipinski definition) is 6. The summed E-state index contributed by atoms with van der Waals surface area (Å²) in [5, 5.41) is 12.0. The molecule has 7 atom stereocenters. The average Bonchev–Trinajstić information content (AvgIpc) is 3.56. The molecule has 2 amide bonds. The second kappa shape index (κ2) is 11.7. The molecule has 7 nitrogen and oxygen atoms in total. The van der Waals surface area contributed by atoms with Crippen LogP contribution in [0.5, 0.6) is 0 Å². The number of alkyl halides is 1. The van der Waals surface area contributed by atoms with Crippen molar-refractivity contribution in [2.75, 3.05) is 24.7 Å². The number of likely N-dealkylation sites (tertiary alicyclic amines) is 1. The largest absolute Gasteiger partial charge is 0.465 e. The van der Waals surface area contributed by atoms with E-state index in [1.165, 1.54) is 4.90 Å². The number of thioether (sulfide) groups is 1. The molecule has 9 heteroatoms. The molecule has 2 aromatic rings. The van der Waals surface area contributed by atoms with Crippen LogP contribution in [0.15, 0.2) is 67.8 Å². The van der Waals surface area contributed by atoms with Crippen molar-refractivity contribution in [1.29, 1.82) is 0 Å². The first-order chi connectivity index (χ1) is 19.3. The summed E-state index contributed by atoms with van der Waals surface area (Å²) >= 11 is 5.34. The predicted molar refractivity (Wildman–Crippen MR) is 162 cm³/mol. The van der Waals surface area contributed by atoms with Crippen LogP contribution < -0.4 is 4.90 Å². The zero-order valence-electron chi connectivity index (χ0n) is 22.6. The highest BCUT2D eigenvalue weighted by Crippen LogP contribution is 2.68. The van der Waals surface area contributed by atoms with Gasteiger partial charge in [-0.25, -0.2) is 0 Å². The van der Waals surface area contributed by atoms with Crippen LogP contribution in [0.3, 0.4) is 0 Å². The smallest absolute Gasteiger partial charge is 0.310 e. The van der Waals surface area contributed by atoms with E-state index in [0.717, 1.165) is 17.2 Å². The first-order valence-corrected chi connectivity index (χ1v) is 15.5. The standard InChI is InChI=1S/C31H35BrN2O5S/c1-4-6-9-15-39-30(38)24-25-28(36)34(19(3)18-35)27(31(25)17-23(32)26(24)40-31)29(37)33(14-5-2)22-13-12-20-10-7-8-11-21(20)16-22/h4-5,7-8,10-13,16,19,23-27,35H,1-2,6,9,14-15,17-18H2,3H3/t19-,23?,24-,25+,26-,27?,31?/m1/s1. The van der Waals surface area contributed by atoms with Crippen molar-refractivity contribution in [2.24, 2.45) is 11.8 Å². The highest BCUT2D eigenvalue weighted by molar-refractivity contribution is 9.09. The number of rotatable bonds is 11. The Labute approximate surface area is 247 Å². The minimum atomic E-state index is -0.854. The molecular formula is C31H35BrN2O5S. The van der Waals surface area contributed by atoms with Crippen molar-refractivity contribution in [3.05, 3.63) is 67.8 Å². The van der Waals surface area contributed by atoms with Crippen LogP contribution in [0.25, 0.3) is 10.8 Å². The number of ether oxygens (including phenoxy) is 1. The first-order valence-electron chi connectivity index (χ1n) is 13.7. The monoisotopic (exact) mass is 626 g/mol. The van der Waals surface area contributed by atoms with Gasteiger partial charge in [-0.3, -0.25) is 14.4 Å². The molecular weight excluding hydrogens is 592 g/mol. The molecule has 3 saturated heterocycles. The number of halogens is 1.